The van der Waals surface area contributed by atoms with Gasteiger partial charge in [0.1, 0.15) is 5.82 Å². The van der Waals surface area contributed by atoms with Gasteiger partial charge in [0.2, 0.25) is 5.91 Å². The molecule has 2 rings (SSSR count). The van der Waals surface area contributed by atoms with Crippen LogP contribution >= 0.6 is 0 Å². The van der Waals surface area contributed by atoms with Crippen LogP contribution in [0.3, 0.4) is 0 Å². The van der Waals surface area contributed by atoms with Crippen LogP contribution in [-0.4, -0.2) is 32.8 Å². The van der Waals surface area contributed by atoms with Gasteiger partial charge in [0.05, 0.1) is 11.4 Å². The van der Waals surface area contributed by atoms with Crippen molar-refractivity contribution in [2.75, 3.05) is 11.3 Å². The maximum atomic E-state index is 12.9. The molecule has 0 saturated carbocycles. The van der Waals surface area contributed by atoms with Crippen molar-refractivity contribution in [1.29, 1.82) is 0 Å². The van der Waals surface area contributed by atoms with Gasteiger partial charge in [-0.25, -0.2) is 12.8 Å². The lowest BCUT2D eigenvalue weighted by atomic mass is 10.2. The second-order valence-electron chi connectivity index (χ2n) is 6.05. The van der Waals surface area contributed by atoms with Gasteiger partial charge in [0.25, 0.3) is 15.9 Å². The summed E-state index contributed by atoms with van der Waals surface area (Å²) in [5.41, 5.74) is 0.283. The van der Waals surface area contributed by atoms with Gasteiger partial charge in [-0.1, -0.05) is 6.07 Å². The SMILES string of the molecule is CC(C)NC(=O)CNC(=O)c1cccc(S(=O)(=O)Nc2ccc(F)cc2)c1. The van der Waals surface area contributed by atoms with Crippen LogP contribution in [0.1, 0.15) is 24.2 Å². The highest BCUT2D eigenvalue weighted by Crippen LogP contribution is 2.17. The van der Waals surface area contributed by atoms with Crippen molar-refractivity contribution in [3.05, 3.63) is 59.9 Å². The van der Waals surface area contributed by atoms with Crippen LogP contribution < -0.4 is 15.4 Å². The van der Waals surface area contributed by atoms with Crippen molar-refractivity contribution in [2.24, 2.45) is 0 Å². The van der Waals surface area contributed by atoms with E-state index >= 15 is 0 Å². The van der Waals surface area contributed by atoms with Gasteiger partial charge in [-0.3, -0.25) is 14.3 Å². The third-order valence-corrected chi connectivity index (χ3v) is 4.74. The molecule has 144 valence electrons. The standard InChI is InChI=1S/C18H20FN3O4S/c1-12(2)21-17(23)11-20-18(24)13-4-3-5-16(10-13)27(25,26)22-15-8-6-14(19)7-9-15/h3-10,12,22H,11H2,1-2H3,(H,20,24)(H,21,23). The molecule has 0 aliphatic rings. The molecule has 0 aliphatic heterocycles. The molecule has 7 nitrogen and oxygen atoms in total. The Morgan fingerprint density at radius 1 is 1.07 bits per heavy atom. The number of anilines is 1. The van der Waals surface area contributed by atoms with Crippen molar-refractivity contribution in [1.82, 2.24) is 10.6 Å². The predicted octanol–water partition coefficient (Wildman–Crippen LogP) is 1.88. The first-order chi connectivity index (χ1) is 12.7. The van der Waals surface area contributed by atoms with Gasteiger partial charge >= 0.3 is 0 Å². The number of hydrogen-bond donors (Lipinski definition) is 3. The summed E-state index contributed by atoms with van der Waals surface area (Å²) in [7, 11) is -3.96. The average molecular weight is 393 g/mol. The number of amides is 2. The summed E-state index contributed by atoms with van der Waals surface area (Å²) < 4.78 is 40.1. The number of carbonyl (C=O) groups excluding carboxylic acids is 2. The normalized spacial score (nSPS) is 11.1. The fourth-order valence-electron chi connectivity index (χ4n) is 2.17. The Hall–Kier alpha value is -2.94. The Morgan fingerprint density at radius 2 is 1.74 bits per heavy atom. The molecule has 0 spiro atoms. The molecule has 2 aromatic rings. The first-order valence-electron chi connectivity index (χ1n) is 8.13. The lowest BCUT2D eigenvalue weighted by Gasteiger charge is -2.11. The molecule has 0 atom stereocenters. The highest BCUT2D eigenvalue weighted by atomic mass is 32.2. The van der Waals surface area contributed by atoms with Gasteiger partial charge in [-0.15, -0.1) is 0 Å². The Kier molecular flexibility index (Phi) is 6.51. The summed E-state index contributed by atoms with van der Waals surface area (Å²) in [5, 5.41) is 5.06. The molecule has 0 unspecified atom stereocenters. The summed E-state index contributed by atoms with van der Waals surface area (Å²) in [6.45, 7) is 3.37. The van der Waals surface area contributed by atoms with Gasteiger partial charge in [-0.2, -0.15) is 0 Å². The maximum Gasteiger partial charge on any atom is 0.261 e. The van der Waals surface area contributed by atoms with E-state index in [0.717, 1.165) is 12.1 Å². The zero-order valence-corrected chi connectivity index (χ0v) is 15.6. The zero-order chi connectivity index (χ0) is 20.0. The Labute approximate surface area is 157 Å². The molecule has 2 amide bonds. The molecule has 0 fully saturated rings. The van der Waals surface area contributed by atoms with E-state index in [1.165, 1.54) is 36.4 Å². The van der Waals surface area contributed by atoms with Gasteiger partial charge in [0, 0.05) is 17.3 Å². The number of hydrogen-bond acceptors (Lipinski definition) is 4. The second kappa shape index (κ2) is 8.63. The highest BCUT2D eigenvalue weighted by molar-refractivity contribution is 7.92. The van der Waals surface area contributed by atoms with E-state index < -0.39 is 21.7 Å². The van der Waals surface area contributed by atoms with Crippen LogP contribution in [0.5, 0.6) is 0 Å². The summed E-state index contributed by atoms with van der Waals surface area (Å²) in [4.78, 5) is 23.6. The second-order valence-corrected chi connectivity index (χ2v) is 7.73. The molecule has 0 bridgehead atoms. The number of sulfonamides is 1. The van der Waals surface area contributed by atoms with Crippen molar-refractivity contribution in [3.63, 3.8) is 0 Å². The molecule has 27 heavy (non-hydrogen) atoms. The van der Waals surface area contributed by atoms with E-state index in [4.69, 9.17) is 0 Å². The van der Waals surface area contributed by atoms with E-state index in [0.29, 0.717) is 0 Å². The van der Waals surface area contributed by atoms with Crippen molar-refractivity contribution < 1.29 is 22.4 Å². The molecule has 0 radical (unpaired) electrons. The number of carbonyl (C=O) groups is 2. The first-order valence-corrected chi connectivity index (χ1v) is 9.62. The number of nitrogens with one attached hydrogen (secondary N) is 3. The fourth-order valence-corrected chi connectivity index (χ4v) is 3.28. The molecule has 9 heteroatoms. The summed E-state index contributed by atoms with van der Waals surface area (Å²) >= 11 is 0. The van der Waals surface area contributed by atoms with Gasteiger partial charge < -0.3 is 10.6 Å². The van der Waals surface area contributed by atoms with Crippen LogP contribution in [0.2, 0.25) is 0 Å². The van der Waals surface area contributed by atoms with Crippen LogP contribution in [0, 0.1) is 5.82 Å². The molecule has 3 N–H and O–H groups in total. The maximum absolute atomic E-state index is 12.9. The molecule has 2 aromatic carbocycles. The minimum absolute atomic E-state index is 0.0552. The van der Waals surface area contributed by atoms with E-state index in [1.807, 2.05) is 0 Å². The Bertz CT molecular complexity index is 928. The van der Waals surface area contributed by atoms with E-state index in [2.05, 4.69) is 15.4 Å². The molecule has 0 aromatic heterocycles. The number of halogens is 1. The average Bonchev–Trinajstić information content (AvgIpc) is 2.61. The molecule has 0 heterocycles. The minimum atomic E-state index is -3.96. The summed E-state index contributed by atoms with van der Waals surface area (Å²) in [6.07, 6.45) is 0. The van der Waals surface area contributed by atoms with Crippen molar-refractivity contribution >= 4 is 27.5 Å². The monoisotopic (exact) mass is 393 g/mol. The number of benzene rings is 2. The quantitative estimate of drug-likeness (QED) is 0.668. The van der Waals surface area contributed by atoms with E-state index in [9.17, 15) is 22.4 Å². The highest BCUT2D eigenvalue weighted by Gasteiger charge is 2.17. The van der Waals surface area contributed by atoms with Gasteiger partial charge in [0.15, 0.2) is 0 Å². The van der Waals surface area contributed by atoms with Crippen LogP contribution in [-0.2, 0) is 14.8 Å². The Morgan fingerprint density at radius 3 is 2.37 bits per heavy atom. The van der Waals surface area contributed by atoms with E-state index in [1.54, 1.807) is 13.8 Å². The zero-order valence-electron chi connectivity index (χ0n) is 14.8. The topological polar surface area (TPSA) is 104 Å². The lowest BCUT2D eigenvalue weighted by molar-refractivity contribution is -0.120. The third kappa shape index (κ3) is 6.07. The summed E-state index contributed by atoms with van der Waals surface area (Å²) in [6, 6.07) is 10.2. The van der Waals surface area contributed by atoms with Crippen molar-refractivity contribution in [2.45, 2.75) is 24.8 Å². The lowest BCUT2D eigenvalue weighted by Crippen LogP contribution is -2.39. The predicted molar refractivity (Wildman–Crippen MR) is 99.3 cm³/mol. The molecule has 0 saturated heterocycles. The van der Waals surface area contributed by atoms with Gasteiger partial charge in [-0.05, 0) is 56.3 Å². The smallest absolute Gasteiger partial charge is 0.261 e. The van der Waals surface area contributed by atoms with Crippen LogP contribution in [0.25, 0.3) is 0 Å². The van der Waals surface area contributed by atoms with E-state index in [-0.39, 0.29) is 34.6 Å². The third-order valence-electron chi connectivity index (χ3n) is 3.36. The van der Waals surface area contributed by atoms with Crippen molar-refractivity contribution in [3.8, 4) is 0 Å². The number of rotatable bonds is 7. The fraction of sp³-hybridized carbons (Fsp3) is 0.222. The Balaban J connectivity index is 2.10. The minimum Gasteiger partial charge on any atom is -0.352 e. The molecular formula is C18H20FN3O4S. The summed E-state index contributed by atoms with van der Waals surface area (Å²) in [5.74, 6) is -1.41. The largest absolute Gasteiger partial charge is 0.352 e. The van der Waals surface area contributed by atoms with Crippen LogP contribution in [0.15, 0.2) is 53.4 Å². The van der Waals surface area contributed by atoms with Crippen LogP contribution in [0.4, 0.5) is 10.1 Å². The first kappa shape index (κ1) is 20.4. The molecular weight excluding hydrogens is 373 g/mol. The molecule has 0 aliphatic carbocycles.